The number of nitrogens with zero attached hydrogens (tertiary/aromatic N) is 1. The van der Waals surface area contributed by atoms with Gasteiger partial charge in [-0.3, -0.25) is 4.67 Å². The fraction of sp³-hybridized carbons (Fsp3) is 0.250. The van der Waals surface area contributed by atoms with Gasteiger partial charge in [0.25, 0.3) is 0 Å². The summed E-state index contributed by atoms with van der Waals surface area (Å²) in [5, 5.41) is 2.14. The monoisotopic (exact) mass is 307 g/mol. The Kier molecular flexibility index (Phi) is 4.59. The number of rotatable bonds is 3. The Labute approximate surface area is 124 Å². The van der Waals surface area contributed by atoms with Crippen molar-refractivity contribution >= 4 is 18.7 Å². The summed E-state index contributed by atoms with van der Waals surface area (Å²) in [5.74, 6) is -0.482. The number of ether oxygens (including phenoxy) is 1. The van der Waals surface area contributed by atoms with E-state index >= 15 is 0 Å². The van der Waals surface area contributed by atoms with Gasteiger partial charge in [-0.05, 0) is 34.9 Å². The third-order valence-corrected chi connectivity index (χ3v) is 5.95. The van der Waals surface area contributed by atoms with Crippen LogP contribution in [-0.2, 0) is 4.74 Å². The molecule has 0 aromatic heterocycles. The second kappa shape index (κ2) is 6.61. The van der Waals surface area contributed by atoms with Crippen LogP contribution in [0.2, 0.25) is 0 Å². The molecular weight excluding hydrogens is 291 g/mol. The minimum Gasteiger partial charge on any atom is -0.379 e. The molecule has 1 saturated heterocycles. The molecule has 2 aromatic rings. The van der Waals surface area contributed by atoms with Gasteiger partial charge < -0.3 is 4.74 Å². The highest BCUT2D eigenvalue weighted by atomic mass is 31.1. The van der Waals surface area contributed by atoms with Gasteiger partial charge in [0.2, 0.25) is 0 Å². The Hall–Kier alpha value is -1.35. The third-order valence-electron chi connectivity index (χ3n) is 3.41. The zero-order valence-electron chi connectivity index (χ0n) is 11.5. The first-order valence-corrected chi connectivity index (χ1v) is 8.17. The van der Waals surface area contributed by atoms with Gasteiger partial charge in [-0.25, -0.2) is 8.78 Å². The zero-order chi connectivity index (χ0) is 14.7. The smallest absolute Gasteiger partial charge is 0.123 e. The Morgan fingerprint density at radius 2 is 1.19 bits per heavy atom. The van der Waals surface area contributed by atoms with Crippen LogP contribution in [0.25, 0.3) is 0 Å². The van der Waals surface area contributed by atoms with Crippen LogP contribution in [0.5, 0.6) is 0 Å². The molecule has 3 rings (SSSR count). The number of morpholine rings is 1. The molecule has 2 nitrogen and oxygen atoms in total. The maximum absolute atomic E-state index is 13.2. The lowest BCUT2D eigenvalue weighted by molar-refractivity contribution is 0.0756. The molecule has 1 aliphatic heterocycles. The van der Waals surface area contributed by atoms with E-state index in [0.717, 1.165) is 23.7 Å². The molecule has 2 aromatic carbocycles. The van der Waals surface area contributed by atoms with E-state index in [1.807, 2.05) is 24.3 Å². The Bertz CT molecular complexity index is 537. The minimum atomic E-state index is -0.774. The Morgan fingerprint density at radius 1 is 0.762 bits per heavy atom. The van der Waals surface area contributed by atoms with E-state index in [-0.39, 0.29) is 11.6 Å². The molecule has 5 heteroatoms. The number of hydrogen-bond acceptors (Lipinski definition) is 2. The molecular formula is C16H16F2NOP. The second-order valence-electron chi connectivity index (χ2n) is 4.83. The lowest BCUT2D eigenvalue weighted by atomic mass is 10.3. The predicted molar refractivity (Wildman–Crippen MR) is 81.4 cm³/mol. The van der Waals surface area contributed by atoms with Gasteiger partial charge in [0.05, 0.1) is 13.2 Å². The molecule has 21 heavy (non-hydrogen) atoms. The lowest BCUT2D eigenvalue weighted by Crippen LogP contribution is -2.37. The van der Waals surface area contributed by atoms with E-state index in [1.165, 1.54) is 24.3 Å². The molecule has 1 heterocycles. The average molecular weight is 307 g/mol. The summed E-state index contributed by atoms with van der Waals surface area (Å²) in [7, 11) is -0.774. The summed E-state index contributed by atoms with van der Waals surface area (Å²) in [6, 6.07) is 13.2. The molecule has 1 fully saturated rings. The first-order valence-electron chi connectivity index (χ1n) is 6.88. The standard InChI is InChI=1S/C16H16F2NOP/c17-13-1-5-15(6-2-13)21(19-9-11-20-12-10-19)16-7-3-14(18)4-8-16/h1-8H,9-12H2. The van der Waals surface area contributed by atoms with Crippen molar-refractivity contribution < 1.29 is 13.5 Å². The quantitative estimate of drug-likeness (QED) is 0.808. The molecule has 1 aliphatic rings. The van der Waals surface area contributed by atoms with Crippen LogP contribution >= 0.6 is 8.07 Å². The van der Waals surface area contributed by atoms with Crippen molar-refractivity contribution in [2.75, 3.05) is 26.3 Å². The van der Waals surface area contributed by atoms with Gasteiger partial charge in [-0.1, -0.05) is 24.3 Å². The molecule has 0 aliphatic carbocycles. The second-order valence-corrected chi connectivity index (χ2v) is 7.05. The fourth-order valence-electron chi connectivity index (χ4n) is 2.39. The zero-order valence-corrected chi connectivity index (χ0v) is 12.4. The molecule has 0 amide bonds. The molecule has 0 bridgehead atoms. The summed E-state index contributed by atoms with van der Waals surface area (Å²) in [4.78, 5) is 0. The van der Waals surface area contributed by atoms with Crippen LogP contribution in [0.15, 0.2) is 48.5 Å². The molecule has 0 unspecified atom stereocenters. The normalized spacial score (nSPS) is 16.3. The maximum Gasteiger partial charge on any atom is 0.123 e. The van der Waals surface area contributed by atoms with Crippen molar-refractivity contribution in [2.24, 2.45) is 0 Å². The van der Waals surface area contributed by atoms with E-state index in [9.17, 15) is 8.78 Å². The summed E-state index contributed by atoms with van der Waals surface area (Å²) >= 11 is 0. The van der Waals surface area contributed by atoms with Crippen molar-refractivity contribution in [1.29, 1.82) is 0 Å². The summed E-state index contributed by atoms with van der Waals surface area (Å²) in [6.07, 6.45) is 0. The average Bonchev–Trinajstić information content (AvgIpc) is 2.52. The van der Waals surface area contributed by atoms with Crippen molar-refractivity contribution in [3.63, 3.8) is 0 Å². The molecule has 0 atom stereocenters. The van der Waals surface area contributed by atoms with Crippen LogP contribution in [0.3, 0.4) is 0 Å². The van der Waals surface area contributed by atoms with Crippen molar-refractivity contribution in [1.82, 2.24) is 4.67 Å². The van der Waals surface area contributed by atoms with Crippen LogP contribution in [0.4, 0.5) is 8.78 Å². The van der Waals surface area contributed by atoms with Crippen molar-refractivity contribution in [3.05, 3.63) is 60.2 Å². The van der Waals surface area contributed by atoms with E-state index in [4.69, 9.17) is 4.74 Å². The maximum atomic E-state index is 13.2. The van der Waals surface area contributed by atoms with Crippen LogP contribution in [0.1, 0.15) is 0 Å². The van der Waals surface area contributed by atoms with Crippen molar-refractivity contribution in [3.8, 4) is 0 Å². The van der Waals surface area contributed by atoms with E-state index in [1.54, 1.807) is 0 Å². The minimum absolute atomic E-state index is 0.241. The van der Waals surface area contributed by atoms with Crippen LogP contribution in [0, 0.1) is 11.6 Å². The molecule has 0 saturated carbocycles. The summed E-state index contributed by atoms with van der Waals surface area (Å²) in [5.41, 5.74) is 0. The molecule has 0 N–H and O–H groups in total. The van der Waals surface area contributed by atoms with E-state index in [0.29, 0.717) is 13.2 Å². The van der Waals surface area contributed by atoms with Crippen LogP contribution in [-0.4, -0.2) is 31.0 Å². The van der Waals surface area contributed by atoms with Gasteiger partial charge in [-0.2, -0.15) is 0 Å². The highest BCUT2D eigenvalue weighted by molar-refractivity contribution is 7.70. The summed E-state index contributed by atoms with van der Waals surface area (Å²) in [6.45, 7) is 3.06. The van der Waals surface area contributed by atoms with Gasteiger partial charge in [0.15, 0.2) is 0 Å². The SMILES string of the molecule is Fc1ccc(P(c2ccc(F)cc2)N2CCOCC2)cc1. The third kappa shape index (κ3) is 3.46. The van der Waals surface area contributed by atoms with Gasteiger partial charge in [0.1, 0.15) is 11.6 Å². The van der Waals surface area contributed by atoms with E-state index < -0.39 is 8.07 Å². The van der Waals surface area contributed by atoms with Gasteiger partial charge in [0, 0.05) is 21.2 Å². The number of hydrogen-bond donors (Lipinski definition) is 0. The fourth-order valence-corrected chi connectivity index (χ4v) is 4.77. The van der Waals surface area contributed by atoms with Crippen molar-refractivity contribution in [2.45, 2.75) is 0 Å². The first-order chi connectivity index (χ1) is 10.2. The Balaban J connectivity index is 1.97. The molecule has 0 radical (unpaired) electrons. The number of halogens is 2. The molecule has 0 spiro atoms. The topological polar surface area (TPSA) is 12.5 Å². The predicted octanol–water partition coefficient (Wildman–Crippen LogP) is 2.64. The Morgan fingerprint density at radius 3 is 1.62 bits per heavy atom. The van der Waals surface area contributed by atoms with Gasteiger partial charge in [-0.15, -0.1) is 0 Å². The van der Waals surface area contributed by atoms with Gasteiger partial charge >= 0.3 is 0 Å². The summed E-state index contributed by atoms with van der Waals surface area (Å²) < 4.78 is 34.1. The first kappa shape index (κ1) is 14.6. The largest absolute Gasteiger partial charge is 0.379 e. The highest BCUT2D eigenvalue weighted by Crippen LogP contribution is 2.38. The number of benzene rings is 2. The van der Waals surface area contributed by atoms with E-state index in [2.05, 4.69) is 4.67 Å². The lowest BCUT2D eigenvalue weighted by Gasteiger charge is -2.35. The van der Waals surface area contributed by atoms with Crippen LogP contribution < -0.4 is 10.6 Å². The molecule has 110 valence electrons. The highest BCUT2D eigenvalue weighted by Gasteiger charge is 2.24.